The Bertz CT molecular complexity index is 1590. The van der Waals surface area contributed by atoms with Gasteiger partial charge in [0, 0.05) is 12.8 Å². The summed E-state index contributed by atoms with van der Waals surface area (Å²) in [7, 11) is 5.97. The van der Waals surface area contributed by atoms with Crippen molar-refractivity contribution in [3.8, 4) is 0 Å². The molecule has 0 saturated heterocycles. The van der Waals surface area contributed by atoms with E-state index < -0.39 is 24.3 Å². The molecule has 0 aliphatic heterocycles. The van der Waals surface area contributed by atoms with Crippen molar-refractivity contribution in [1.82, 2.24) is 0 Å². The van der Waals surface area contributed by atoms with Crippen LogP contribution in [0.2, 0.25) is 0 Å². The van der Waals surface area contributed by atoms with E-state index >= 15 is 0 Å². The highest BCUT2D eigenvalue weighted by atomic mass is 16.7. The van der Waals surface area contributed by atoms with E-state index in [1.54, 1.807) is 0 Å². The standard InChI is InChI=1S/C71H125NO8/c1-6-8-10-12-14-16-18-20-22-24-25-26-27-28-29-30-31-32-33-34-35-36-37-38-39-40-41-42-43-44-45-46-48-50-52-54-56-58-60-62-69(74)80-67(66-79-71(70(75)76)77-64-63-72(3,4)5)65-78-68(73)61-59-57-55-53-51-49-47-23-21-19-17-15-13-11-9-7-2/h8,10,14,16-17,19-20,22-23,25-26,28-29,47,67,71H,6-7,9,11-13,15,18,21,24,27,30-46,48-66H2,1-5H3/p+1/b10-8-,16-14-,19-17-,22-20-,26-25-,29-28-,47-23-. The Morgan fingerprint density at radius 3 is 1.06 bits per heavy atom. The largest absolute Gasteiger partial charge is 0.477 e. The Hall–Kier alpha value is -3.53. The quantitative estimate of drug-likeness (QED) is 0.0211. The molecule has 0 heterocycles. The Morgan fingerprint density at radius 1 is 0.388 bits per heavy atom. The molecular formula is C71H126NO8+. The van der Waals surface area contributed by atoms with Gasteiger partial charge in [0.05, 0.1) is 34.4 Å². The second-order valence-electron chi connectivity index (χ2n) is 23.4. The molecule has 0 aliphatic rings. The van der Waals surface area contributed by atoms with Crippen LogP contribution >= 0.6 is 0 Å². The van der Waals surface area contributed by atoms with Crippen molar-refractivity contribution in [3.63, 3.8) is 0 Å². The van der Waals surface area contributed by atoms with E-state index in [1.165, 1.54) is 167 Å². The molecule has 0 amide bonds. The molecule has 0 aliphatic carbocycles. The molecule has 0 saturated carbocycles. The molecular weight excluding hydrogens is 995 g/mol. The first kappa shape index (κ1) is 76.5. The van der Waals surface area contributed by atoms with Crippen LogP contribution in [0.5, 0.6) is 0 Å². The average Bonchev–Trinajstić information content (AvgIpc) is 3.43. The number of unbranched alkanes of at least 4 members (excludes halogenated alkanes) is 32. The van der Waals surface area contributed by atoms with E-state index in [1.807, 2.05) is 21.1 Å². The Kier molecular flexibility index (Phi) is 58.8. The number of ether oxygens (including phenoxy) is 4. The van der Waals surface area contributed by atoms with Gasteiger partial charge >= 0.3 is 17.9 Å². The fourth-order valence-electron chi connectivity index (χ4n) is 9.31. The van der Waals surface area contributed by atoms with Gasteiger partial charge in [-0.3, -0.25) is 9.59 Å². The van der Waals surface area contributed by atoms with Gasteiger partial charge in [-0.2, -0.15) is 0 Å². The minimum Gasteiger partial charge on any atom is -0.477 e. The van der Waals surface area contributed by atoms with Gasteiger partial charge in [-0.1, -0.05) is 272 Å². The summed E-state index contributed by atoms with van der Waals surface area (Å²) in [5, 5.41) is 9.72. The van der Waals surface area contributed by atoms with Crippen LogP contribution in [0.1, 0.15) is 290 Å². The third-order valence-corrected chi connectivity index (χ3v) is 14.4. The molecule has 0 aromatic carbocycles. The van der Waals surface area contributed by atoms with Gasteiger partial charge in [0.2, 0.25) is 0 Å². The molecule has 462 valence electrons. The van der Waals surface area contributed by atoms with Crippen molar-refractivity contribution in [2.75, 3.05) is 47.5 Å². The molecule has 2 atom stereocenters. The molecule has 0 radical (unpaired) electrons. The van der Waals surface area contributed by atoms with E-state index in [2.05, 4.69) is 98.9 Å². The zero-order chi connectivity index (χ0) is 58.3. The van der Waals surface area contributed by atoms with Gasteiger partial charge in [0.15, 0.2) is 6.10 Å². The third kappa shape index (κ3) is 62.1. The highest BCUT2D eigenvalue weighted by Crippen LogP contribution is 2.17. The maximum Gasteiger partial charge on any atom is 0.361 e. The van der Waals surface area contributed by atoms with Gasteiger partial charge in [0.1, 0.15) is 13.2 Å². The summed E-state index contributed by atoms with van der Waals surface area (Å²) in [5.74, 6) is -2.01. The first-order chi connectivity index (χ1) is 39.1. The first-order valence-corrected chi connectivity index (χ1v) is 33.3. The van der Waals surface area contributed by atoms with Gasteiger partial charge < -0.3 is 28.5 Å². The van der Waals surface area contributed by atoms with Crippen molar-refractivity contribution >= 4 is 17.9 Å². The predicted molar refractivity (Wildman–Crippen MR) is 341 cm³/mol. The van der Waals surface area contributed by atoms with Crippen LogP contribution in [0.15, 0.2) is 85.1 Å². The molecule has 0 aromatic heterocycles. The van der Waals surface area contributed by atoms with Gasteiger partial charge in [-0.25, -0.2) is 4.79 Å². The van der Waals surface area contributed by atoms with Gasteiger partial charge in [-0.15, -0.1) is 0 Å². The fraction of sp³-hybridized carbons (Fsp3) is 0.761. The number of quaternary nitrogens is 1. The van der Waals surface area contributed by atoms with Crippen molar-refractivity contribution in [3.05, 3.63) is 85.1 Å². The van der Waals surface area contributed by atoms with Gasteiger partial charge in [0.25, 0.3) is 6.29 Å². The van der Waals surface area contributed by atoms with E-state index in [9.17, 15) is 19.5 Å². The number of rotatable bonds is 61. The lowest BCUT2D eigenvalue weighted by atomic mass is 10.0. The Labute approximate surface area is 493 Å². The minimum absolute atomic E-state index is 0.185. The maximum absolute atomic E-state index is 12.9. The van der Waals surface area contributed by atoms with Crippen LogP contribution < -0.4 is 0 Å². The lowest BCUT2D eigenvalue weighted by Crippen LogP contribution is -2.40. The number of aliphatic carboxylic acids is 1. The number of likely N-dealkylation sites (N-methyl/N-ethyl adjacent to an activating group) is 1. The number of nitrogens with zero attached hydrogens (tertiary/aromatic N) is 1. The third-order valence-electron chi connectivity index (χ3n) is 14.4. The highest BCUT2D eigenvalue weighted by Gasteiger charge is 2.25. The van der Waals surface area contributed by atoms with Crippen LogP contribution in [0, 0.1) is 0 Å². The molecule has 0 bridgehead atoms. The first-order valence-electron chi connectivity index (χ1n) is 33.3. The monoisotopic (exact) mass is 1120 g/mol. The summed E-state index contributed by atoms with van der Waals surface area (Å²) >= 11 is 0. The van der Waals surface area contributed by atoms with E-state index in [0.29, 0.717) is 11.0 Å². The summed E-state index contributed by atoms with van der Waals surface area (Å²) in [6.07, 6.45) is 79.9. The SMILES string of the molecule is CC/C=C\C/C=C\C/C=C\C/C=C\C/C=C\CCCCCCCCCCCCCCCCCCCCCCCCCC(=O)OC(COC(=O)CCCCCCC/C=C\C/C=C\CCCCCC)COC(OCC[N+](C)(C)C)C(=O)O. The number of carboxylic acids is 1. The van der Waals surface area contributed by atoms with E-state index in [4.69, 9.17) is 18.9 Å². The van der Waals surface area contributed by atoms with Crippen LogP contribution in [-0.2, 0) is 33.3 Å². The Balaban J connectivity index is 4.00. The number of hydrogen-bond acceptors (Lipinski definition) is 7. The summed E-state index contributed by atoms with van der Waals surface area (Å²) in [6.45, 7) is 4.75. The smallest absolute Gasteiger partial charge is 0.361 e. The van der Waals surface area contributed by atoms with Gasteiger partial charge in [-0.05, 0) is 89.9 Å². The number of hydrogen-bond donors (Lipinski definition) is 1. The van der Waals surface area contributed by atoms with Crippen LogP contribution in [0.4, 0.5) is 0 Å². The van der Waals surface area contributed by atoms with E-state index in [0.717, 1.165) is 96.3 Å². The van der Waals surface area contributed by atoms with Crippen LogP contribution in [-0.4, -0.2) is 87.4 Å². The minimum atomic E-state index is -1.51. The highest BCUT2D eigenvalue weighted by molar-refractivity contribution is 5.71. The number of carbonyl (C=O) groups is 3. The number of esters is 2. The lowest BCUT2D eigenvalue weighted by Gasteiger charge is -2.25. The topological polar surface area (TPSA) is 108 Å². The molecule has 2 unspecified atom stereocenters. The molecule has 0 spiro atoms. The predicted octanol–water partition coefficient (Wildman–Crippen LogP) is 20.3. The number of carbonyl (C=O) groups excluding carboxylic acids is 2. The molecule has 0 rings (SSSR count). The average molecular weight is 1120 g/mol. The number of carboxylic acid groups (broad SMARTS) is 1. The zero-order valence-corrected chi connectivity index (χ0v) is 52.7. The van der Waals surface area contributed by atoms with Crippen molar-refractivity contribution < 1.29 is 42.9 Å². The van der Waals surface area contributed by atoms with Crippen LogP contribution in [0.3, 0.4) is 0 Å². The van der Waals surface area contributed by atoms with Crippen molar-refractivity contribution in [2.24, 2.45) is 0 Å². The second kappa shape index (κ2) is 61.5. The molecule has 1 N–H and O–H groups in total. The Morgan fingerprint density at radius 2 is 0.713 bits per heavy atom. The van der Waals surface area contributed by atoms with E-state index in [-0.39, 0.29) is 38.6 Å². The maximum atomic E-state index is 12.9. The molecule has 9 heteroatoms. The molecule has 0 fully saturated rings. The summed E-state index contributed by atoms with van der Waals surface area (Å²) in [5.41, 5.74) is 0. The second-order valence-corrected chi connectivity index (χ2v) is 23.4. The summed E-state index contributed by atoms with van der Waals surface area (Å²) < 4.78 is 22.9. The fourth-order valence-corrected chi connectivity index (χ4v) is 9.31. The molecule has 0 aromatic rings. The van der Waals surface area contributed by atoms with Crippen molar-refractivity contribution in [2.45, 2.75) is 302 Å². The van der Waals surface area contributed by atoms with Crippen LogP contribution in [0.25, 0.3) is 0 Å². The number of allylic oxidation sites excluding steroid dienone is 14. The lowest BCUT2D eigenvalue weighted by molar-refractivity contribution is -0.870. The molecule has 80 heavy (non-hydrogen) atoms. The van der Waals surface area contributed by atoms with Crippen molar-refractivity contribution in [1.29, 1.82) is 0 Å². The normalized spacial score (nSPS) is 13.3. The summed E-state index contributed by atoms with van der Waals surface area (Å²) in [4.78, 5) is 37.5. The summed E-state index contributed by atoms with van der Waals surface area (Å²) in [6, 6.07) is 0. The zero-order valence-electron chi connectivity index (χ0n) is 52.7. The molecule has 9 nitrogen and oxygen atoms in total.